The third kappa shape index (κ3) is 5.68. The van der Waals surface area contributed by atoms with Gasteiger partial charge in [0.2, 0.25) is 0 Å². The molecular formula is C15H22N2O2. The van der Waals surface area contributed by atoms with Crippen LogP contribution < -0.4 is 5.43 Å². The van der Waals surface area contributed by atoms with Crippen molar-refractivity contribution in [1.82, 2.24) is 0 Å². The standard InChI is InChI=1S/C11H12N2O.C4H10O/c14-8-7-10-6-5-9-3-1-2-4-11(9)13-12-10;1-3-5-4-2/h1-6,13-14H,7-8H2;3-4H2,1-2H3. The van der Waals surface area contributed by atoms with E-state index in [9.17, 15) is 0 Å². The number of hydrogen-bond acceptors (Lipinski definition) is 4. The van der Waals surface area contributed by atoms with Crippen molar-refractivity contribution in [3.8, 4) is 0 Å². The Morgan fingerprint density at radius 2 is 1.89 bits per heavy atom. The van der Waals surface area contributed by atoms with Gasteiger partial charge in [0.15, 0.2) is 0 Å². The number of benzene rings is 1. The maximum absolute atomic E-state index is 8.78. The molecule has 1 aromatic carbocycles. The largest absolute Gasteiger partial charge is 0.396 e. The molecule has 1 aliphatic heterocycles. The molecule has 0 fully saturated rings. The number of allylic oxidation sites excluding steroid dienone is 1. The highest BCUT2D eigenvalue weighted by atomic mass is 16.5. The van der Waals surface area contributed by atoms with Gasteiger partial charge in [0.25, 0.3) is 0 Å². The van der Waals surface area contributed by atoms with Gasteiger partial charge in [-0.15, -0.1) is 0 Å². The molecule has 2 rings (SSSR count). The van der Waals surface area contributed by atoms with E-state index in [-0.39, 0.29) is 6.61 Å². The van der Waals surface area contributed by atoms with E-state index in [1.807, 2.05) is 50.3 Å². The Morgan fingerprint density at radius 1 is 1.16 bits per heavy atom. The molecule has 0 radical (unpaired) electrons. The zero-order chi connectivity index (χ0) is 13.9. The number of para-hydroxylation sites is 1. The maximum atomic E-state index is 8.78. The van der Waals surface area contributed by atoms with Crippen molar-refractivity contribution in [1.29, 1.82) is 0 Å². The number of nitrogens with zero attached hydrogens (tertiary/aromatic N) is 1. The lowest BCUT2D eigenvalue weighted by molar-refractivity contribution is 0.162. The van der Waals surface area contributed by atoms with Crippen LogP contribution in [0.1, 0.15) is 25.8 Å². The summed E-state index contributed by atoms with van der Waals surface area (Å²) in [6.45, 7) is 5.79. The van der Waals surface area contributed by atoms with Crippen molar-refractivity contribution in [2.45, 2.75) is 20.3 Å². The minimum Gasteiger partial charge on any atom is -0.396 e. The second kappa shape index (κ2) is 9.30. The molecule has 4 heteroatoms. The average molecular weight is 262 g/mol. The maximum Gasteiger partial charge on any atom is 0.0634 e. The quantitative estimate of drug-likeness (QED) is 0.877. The molecule has 0 saturated heterocycles. The number of aliphatic hydroxyl groups excluding tert-OH is 1. The Hall–Kier alpha value is -1.65. The molecule has 0 unspecified atom stereocenters. The van der Waals surface area contributed by atoms with E-state index >= 15 is 0 Å². The Morgan fingerprint density at radius 3 is 2.53 bits per heavy atom. The Balaban J connectivity index is 0.000000312. The molecule has 2 N–H and O–H groups in total. The van der Waals surface area contributed by atoms with Crippen LogP contribution in [0.5, 0.6) is 0 Å². The highest BCUT2D eigenvalue weighted by Crippen LogP contribution is 2.18. The molecule has 19 heavy (non-hydrogen) atoms. The van der Waals surface area contributed by atoms with E-state index in [0.29, 0.717) is 6.42 Å². The lowest BCUT2D eigenvalue weighted by Gasteiger charge is -2.02. The van der Waals surface area contributed by atoms with Gasteiger partial charge in [-0.2, -0.15) is 5.10 Å². The van der Waals surface area contributed by atoms with Crippen LogP contribution in [0.2, 0.25) is 0 Å². The first-order valence-corrected chi connectivity index (χ1v) is 6.60. The summed E-state index contributed by atoms with van der Waals surface area (Å²) in [5.41, 5.74) is 5.95. The van der Waals surface area contributed by atoms with E-state index in [1.54, 1.807) is 0 Å². The lowest BCUT2D eigenvalue weighted by atomic mass is 10.1. The first kappa shape index (κ1) is 15.4. The summed E-state index contributed by atoms with van der Waals surface area (Å²) in [6, 6.07) is 7.95. The number of rotatable bonds is 4. The number of nitrogens with one attached hydrogen (secondary N) is 1. The smallest absolute Gasteiger partial charge is 0.0634 e. The van der Waals surface area contributed by atoms with Crippen molar-refractivity contribution in [3.05, 3.63) is 35.9 Å². The second-order valence-electron chi connectivity index (χ2n) is 3.89. The van der Waals surface area contributed by atoms with Gasteiger partial charge in [0, 0.05) is 26.2 Å². The Labute approximate surface area is 114 Å². The molecule has 0 atom stereocenters. The third-order valence-corrected chi connectivity index (χ3v) is 2.51. The van der Waals surface area contributed by atoms with Crippen molar-refractivity contribution in [3.63, 3.8) is 0 Å². The fraction of sp³-hybridized carbons (Fsp3) is 0.400. The summed E-state index contributed by atoms with van der Waals surface area (Å²) in [5.74, 6) is 0. The zero-order valence-corrected chi connectivity index (χ0v) is 11.6. The van der Waals surface area contributed by atoms with Gasteiger partial charge in [0.1, 0.15) is 0 Å². The van der Waals surface area contributed by atoms with Gasteiger partial charge in [0.05, 0.1) is 11.4 Å². The van der Waals surface area contributed by atoms with Gasteiger partial charge >= 0.3 is 0 Å². The predicted octanol–water partition coefficient (Wildman–Crippen LogP) is 2.91. The Kier molecular flexibility index (Phi) is 7.54. The minimum absolute atomic E-state index is 0.126. The van der Waals surface area contributed by atoms with Crippen LogP contribution in [0.3, 0.4) is 0 Å². The fourth-order valence-electron chi connectivity index (χ4n) is 1.56. The normalized spacial score (nSPS) is 12.5. The summed E-state index contributed by atoms with van der Waals surface area (Å²) < 4.78 is 4.83. The molecule has 1 aromatic rings. The fourth-order valence-corrected chi connectivity index (χ4v) is 1.56. The highest BCUT2D eigenvalue weighted by Gasteiger charge is 2.02. The number of ether oxygens (including phenoxy) is 1. The van der Waals surface area contributed by atoms with E-state index in [1.165, 1.54) is 0 Å². The highest BCUT2D eigenvalue weighted by molar-refractivity contribution is 6.00. The number of fused-ring (bicyclic) bond motifs is 1. The van der Waals surface area contributed by atoms with Crippen LogP contribution in [-0.2, 0) is 4.74 Å². The molecule has 0 amide bonds. The SMILES string of the molecule is CCOCC.OCCC1=NNc2ccccc2C=C1. The zero-order valence-electron chi connectivity index (χ0n) is 11.6. The Bertz CT molecular complexity index is 426. The van der Waals surface area contributed by atoms with E-state index in [0.717, 1.165) is 30.2 Å². The molecule has 0 bridgehead atoms. The monoisotopic (exact) mass is 262 g/mol. The molecule has 1 heterocycles. The van der Waals surface area contributed by atoms with Crippen LogP contribution in [0, 0.1) is 0 Å². The molecule has 0 aliphatic carbocycles. The summed E-state index contributed by atoms with van der Waals surface area (Å²) >= 11 is 0. The van der Waals surface area contributed by atoms with Crippen molar-refractivity contribution >= 4 is 17.5 Å². The van der Waals surface area contributed by atoms with Crippen LogP contribution in [0.4, 0.5) is 5.69 Å². The van der Waals surface area contributed by atoms with Gasteiger partial charge in [-0.25, -0.2) is 0 Å². The van der Waals surface area contributed by atoms with Crippen LogP contribution in [-0.4, -0.2) is 30.6 Å². The van der Waals surface area contributed by atoms with Crippen LogP contribution in [0.25, 0.3) is 6.08 Å². The third-order valence-electron chi connectivity index (χ3n) is 2.51. The molecule has 0 spiro atoms. The lowest BCUT2D eigenvalue weighted by Crippen LogP contribution is -1.99. The number of aliphatic hydroxyl groups is 1. The first-order valence-electron chi connectivity index (χ1n) is 6.60. The van der Waals surface area contributed by atoms with Gasteiger partial charge in [-0.3, -0.25) is 5.43 Å². The van der Waals surface area contributed by atoms with E-state index in [2.05, 4.69) is 10.5 Å². The number of hydrogen-bond donors (Lipinski definition) is 2. The van der Waals surface area contributed by atoms with E-state index in [4.69, 9.17) is 9.84 Å². The molecule has 104 valence electrons. The van der Waals surface area contributed by atoms with Gasteiger partial charge in [-0.1, -0.05) is 24.3 Å². The van der Waals surface area contributed by atoms with Crippen LogP contribution in [0.15, 0.2) is 35.4 Å². The molecule has 1 aliphatic rings. The molecule has 4 nitrogen and oxygen atoms in total. The summed E-state index contributed by atoms with van der Waals surface area (Å²) in [5, 5.41) is 13.0. The second-order valence-corrected chi connectivity index (χ2v) is 3.89. The predicted molar refractivity (Wildman–Crippen MR) is 80.4 cm³/mol. The van der Waals surface area contributed by atoms with Gasteiger partial charge in [-0.05, 0) is 31.6 Å². The van der Waals surface area contributed by atoms with Crippen molar-refractivity contribution < 1.29 is 9.84 Å². The minimum atomic E-state index is 0.126. The molecule has 0 aromatic heterocycles. The van der Waals surface area contributed by atoms with Gasteiger partial charge < -0.3 is 9.84 Å². The molecular weight excluding hydrogens is 240 g/mol. The summed E-state index contributed by atoms with van der Waals surface area (Å²) in [7, 11) is 0. The van der Waals surface area contributed by atoms with E-state index < -0.39 is 0 Å². The average Bonchev–Trinajstić information content (AvgIpc) is 2.64. The number of anilines is 1. The first-order chi connectivity index (χ1) is 9.31. The topological polar surface area (TPSA) is 53.9 Å². The summed E-state index contributed by atoms with van der Waals surface area (Å²) in [4.78, 5) is 0. The molecule has 0 saturated carbocycles. The number of hydrazone groups is 1. The van der Waals surface area contributed by atoms with Crippen molar-refractivity contribution in [2.75, 3.05) is 25.2 Å². The van der Waals surface area contributed by atoms with Crippen molar-refractivity contribution in [2.24, 2.45) is 5.10 Å². The summed E-state index contributed by atoms with van der Waals surface area (Å²) in [6.07, 6.45) is 4.51. The van der Waals surface area contributed by atoms with Crippen LogP contribution >= 0.6 is 0 Å².